The molecule has 0 amide bonds. The van der Waals surface area contributed by atoms with Gasteiger partial charge in [-0.2, -0.15) is 0 Å². The molecule has 0 spiro atoms. The van der Waals surface area contributed by atoms with Crippen LogP contribution in [-0.4, -0.2) is 6.29 Å². The lowest BCUT2D eigenvalue weighted by Gasteiger charge is -1.67. The molecule has 0 aromatic rings. The number of hydrogen-bond acceptors (Lipinski definition) is 2. The summed E-state index contributed by atoms with van der Waals surface area (Å²) >= 11 is 0. The Balaban J connectivity index is 2.94. The highest BCUT2D eigenvalue weighted by atomic mass is 19.3. The van der Waals surface area contributed by atoms with Crippen LogP contribution < -0.4 is 0 Å². The van der Waals surface area contributed by atoms with Gasteiger partial charge in [0.15, 0.2) is 0 Å². The van der Waals surface area contributed by atoms with E-state index in [1.807, 2.05) is 0 Å². The molecule has 0 rings (SSSR count). The molecular formula is C3H3FO2. The molecule has 6 heavy (non-hydrogen) atoms. The molecule has 0 aromatic heterocycles. The summed E-state index contributed by atoms with van der Waals surface area (Å²) in [4.78, 5) is 12.1. The third-order valence-electron chi connectivity index (χ3n) is 0.209. The van der Waals surface area contributed by atoms with Crippen molar-refractivity contribution < 1.29 is 14.3 Å². The Morgan fingerprint density at radius 3 is 2.50 bits per heavy atom. The molecule has 34 valence electrons. The van der Waals surface area contributed by atoms with Gasteiger partial charge < -0.3 is 4.94 Å². The van der Waals surface area contributed by atoms with Gasteiger partial charge in [-0.05, 0) is 0 Å². The van der Waals surface area contributed by atoms with Crippen molar-refractivity contribution in [3.63, 3.8) is 0 Å². The van der Waals surface area contributed by atoms with E-state index in [0.29, 0.717) is 12.5 Å². The third-order valence-corrected chi connectivity index (χ3v) is 0.209. The molecular weight excluding hydrogens is 87.0 g/mol. The first-order valence-corrected chi connectivity index (χ1v) is 1.29. The molecule has 0 radical (unpaired) electrons. The van der Waals surface area contributed by atoms with E-state index in [2.05, 4.69) is 4.94 Å². The largest absolute Gasteiger partial charge is 0.302 e. The van der Waals surface area contributed by atoms with Crippen molar-refractivity contribution in [2.24, 2.45) is 0 Å². The molecule has 0 aliphatic heterocycles. The fraction of sp³-hybridized carbons (Fsp3) is 0. The summed E-state index contributed by atoms with van der Waals surface area (Å²) in [5.74, 6) is 0. The number of hydrogen-bond donors (Lipinski definition) is 0. The van der Waals surface area contributed by atoms with Crippen LogP contribution in [-0.2, 0) is 9.74 Å². The van der Waals surface area contributed by atoms with E-state index in [1.54, 1.807) is 0 Å². The van der Waals surface area contributed by atoms with E-state index in [-0.39, 0.29) is 0 Å². The van der Waals surface area contributed by atoms with Gasteiger partial charge in [0.05, 0.1) is 0 Å². The molecule has 0 aliphatic rings. The topological polar surface area (TPSA) is 26.3 Å². The van der Waals surface area contributed by atoms with Crippen LogP contribution in [0.15, 0.2) is 12.3 Å². The molecule has 0 unspecified atom stereocenters. The van der Waals surface area contributed by atoms with Crippen LogP contribution in [0, 0.1) is 0 Å². The number of allylic oxidation sites excluding steroid dienone is 1. The lowest BCUT2D eigenvalue weighted by Crippen LogP contribution is -1.58. The number of halogens is 1. The zero-order chi connectivity index (χ0) is 4.83. The van der Waals surface area contributed by atoms with Gasteiger partial charge in [0.1, 0.15) is 12.5 Å². The van der Waals surface area contributed by atoms with E-state index < -0.39 is 0 Å². The zero-order valence-corrected chi connectivity index (χ0v) is 2.93. The Labute approximate surface area is 34.1 Å². The second-order valence-corrected chi connectivity index (χ2v) is 0.554. The molecule has 0 fully saturated rings. The molecule has 0 aliphatic carbocycles. The Hall–Kier alpha value is -0.860. The third kappa shape index (κ3) is 3.14. The van der Waals surface area contributed by atoms with Gasteiger partial charge in [-0.1, -0.05) is 0 Å². The van der Waals surface area contributed by atoms with E-state index in [4.69, 9.17) is 0 Å². The summed E-state index contributed by atoms with van der Waals surface area (Å²) in [6, 6.07) is 0. The van der Waals surface area contributed by atoms with Crippen molar-refractivity contribution in [1.29, 1.82) is 0 Å². The first kappa shape index (κ1) is 5.14. The second kappa shape index (κ2) is 4.14. The molecule has 0 N–H and O–H groups in total. The van der Waals surface area contributed by atoms with Gasteiger partial charge in [0, 0.05) is 10.6 Å². The van der Waals surface area contributed by atoms with Crippen LogP contribution in [0.2, 0.25) is 0 Å². The van der Waals surface area contributed by atoms with Crippen LogP contribution in [0.25, 0.3) is 0 Å². The average molecular weight is 90.1 g/mol. The standard InChI is InChI=1S/C3H3FO2/c4-6-3-1-2-5/h1-3H/b3-1+. The molecule has 0 heterocycles. The monoisotopic (exact) mass is 90.0 g/mol. The smallest absolute Gasteiger partial charge is 0.146 e. The van der Waals surface area contributed by atoms with E-state index in [0.717, 1.165) is 6.08 Å². The number of rotatable bonds is 2. The summed E-state index contributed by atoms with van der Waals surface area (Å²) in [7, 11) is 0. The van der Waals surface area contributed by atoms with Gasteiger partial charge >= 0.3 is 0 Å². The molecule has 3 heteroatoms. The quantitative estimate of drug-likeness (QED) is 0.282. The molecule has 0 aromatic carbocycles. The first-order chi connectivity index (χ1) is 2.91. The van der Waals surface area contributed by atoms with E-state index >= 15 is 0 Å². The van der Waals surface area contributed by atoms with Crippen LogP contribution in [0.1, 0.15) is 0 Å². The number of aldehydes is 1. The predicted octanol–water partition coefficient (Wildman–Crippen LogP) is 0.600. The molecule has 0 saturated carbocycles. The van der Waals surface area contributed by atoms with Crippen LogP contribution in [0.3, 0.4) is 0 Å². The van der Waals surface area contributed by atoms with Crippen molar-refractivity contribution in [2.45, 2.75) is 0 Å². The number of carbonyl (C=O) groups is 1. The Kier molecular flexibility index (Phi) is 3.55. The van der Waals surface area contributed by atoms with Crippen molar-refractivity contribution in [3.05, 3.63) is 12.3 Å². The lowest BCUT2D eigenvalue weighted by atomic mass is 10.7. The van der Waals surface area contributed by atoms with Crippen molar-refractivity contribution in [2.75, 3.05) is 0 Å². The highest BCUT2D eigenvalue weighted by molar-refractivity contribution is 5.63. The highest BCUT2D eigenvalue weighted by Crippen LogP contribution is 1.70. The van der Waals surface area contributed by atoms with Crippen LogP contribution in [0.5, 0.6) is 0 Å². The molecule has 0 saturated heterocycles. The van der Waals surface area contributed by atoms with Gasteiger partial charge in [0.25, 0.3) is 0 Å². The van der Waals surface area contributed by atoms with Gasteiger partial charge in [-0.25, -0.2) is 0 Å². The van der Waals surface area contributed by atoms with Gasteiger partial charge in [-0.15, -0.1) is 0 Å². The Morgan fingerprint density at radius 1 is 1.67 bits per heavy atom. The number of carbonyl (C=O) groups excluding carboxylic acids is 1. The minimum atomic E-state index is 0.416. The summed E-state index contributed by atoms with van der Waals surface area (Å²) in [6.45, 7) is 0. The minimum absolute atomic E-state index is 0.416. The molecule has 0 bridgehead atoms. The van der Waals surface area contributed by atoms with Gasteiger partial charge in [0.2, 0.25) is 0 Å². The maximum atomic E-state index is 10.4. The Morgan fingerprint density at radius 2 is 2.33 bits per heavy atom. The maximum absolute atomic E-state index is 10.4. The van der Waals surface area contributed by atoms with E-state index in [1.165, 1.54) is 0 Å². The second-order valence-electron chi connectivity index (χ2n) is 0.554. The summed E-state index contributed by atoms with van der Waals surface area (Å²) in [5, 5.41) is 0. The Bertz CT molecular complexity index is 59.8. The van der Waals surface area contributed by atoms with Crippen molar-refractivity contribution in [3.8, 4) is 0 Å². The fourth-order valence-electron chi connectivity index (χ4n) is 0.0618. The average Bonchev–Trinajstić information content (AvgIpc) is 1.61. The lowest BCUT2D eigenvalue weighted by molar-refractivity contribution is -0.104. The highest BCUT2D eigenvalue weighted by Gasteiger charge is 1.60. The van der Waals surface area contributed by atoms with Crippen molar-refractivity contribution >= 4 is 6.29 Å². The van der Waals surface area contributed by atoms with Crippen LogP contribution >= 0.6 is 0 Å². The normalized spacial score (nSPS) is 8.83. The minimum Gasteiger partial charge on any atom is -0.302 e. The summed E-state index contributed by atoms with van der Waals surface area (Å²) < 4.78 is 10.4. The first-order valence-electron chi connectivity index (χ1n) is 1.29. The molecule has 2 nitrogen and oxygen atoms in total. The van der Waals surface area contributed by atoms with Crippen molar-refractivity contribution in [1.82, 2.24) is 0 Å². The molecule has 0 atom stereocenters. The van der Waals surface area contributed by atoms with E-state index in [9.17, 15) is 9.32 Å². The van der Waals surface area contributed by atoms with Crippen LogP contribution in [0.4, 0.5) is 4.53 Å². The van der Waals surface area contributed by atoms with Gasteiger partial charge in [-0.3, -0.25) is 4.79 Å². The SMILES string of the molecule is O=C/C=C/OF. The fourth-order valence-corrected chi connectivity index (χ4v) is 0.0618. The zero-order valence-electron chi connectivity index (χ0n) is 2.93. The maximum Gasteiger partial charge on any atom is 0.146 e. The summed E-state index contributed by atoms with van der Waals surface area (Å²) in [6.07, 6.45) is 1.96. The summed E-state index contributed by atoms with van der Waals surface area (Å²) in [5.41, 5.74) is 0. The predicted molar refractivity (Wildman–Crippen MR) is 17.4 cm³/mol.